The molecule has 2 aromatic rings. The number of carbonyl (C=O) groups is 1. The lowest BCUT2D eigenvalue weighted by Crippen LogP contribution is -2.14. The van der Waals surface area contributed by atoms with Crippen molar-refractivity contribution in [2.24, 2.45) is 0 Å². The molecule has 1 aromatic carbocycles. The number of nitrogens with one attached hydrogen (secondary N) is 1. The number of rotatable bonds is 10. The van der Waals surface area contributed by atoms with Gasteiger partial charge in [-0.3, -0.25) is 14.9 Å². The van der Waals surface area contributed by atoms with Crippen LogP contribution in [0, 0.1) is 10.1 Å². The van der Waals surface area contributed by atoms with Crippen molar-refractivity contribution < 1.29 is 9.72 Å². The lowest BCUT2D eigenvalue weighted by Gasteiger charge is -2.03. The minimum absolute atomic E-state index is 0.0585. The van der Waals surface area contributed by atoms with E-state index in [2.05, 4.69) is 22.4 Å². The van der Waals surface area contributed by atoms with Gasteiger partial charge in [-0.05, 0) is 23.3 Å². The van der Waals surface area contributed by atoms with Gasteiger partial charge >= 0.3 is 0 Å². The highest BCUT2D eigenvalue weighted by atomic mass is 33.1. The second kappa shape index (κ2) is 10.6. The summed E-state index contributed by atoms with van der Waals surface area (Å²) in [5, 5.41) is 21.5. The van der Waals surface area contributed by atoms with Gasteiger partial charge in [0.2, 0.25) is 5.91 Å². The smallest absolute Gasteiger partial charge is 0.271 e. The second-order valence-electron chi connectivity index (χ2n) is 4.74. The van der Waals surface area contributed by atoms with Crippen LogP contribution in [-0.4, -0.2) is 32.5 Å². The Hall–Kier alpha value is -1.30. The SMILES string of the molecule is CCCCSSc1nnc(SCC(=O)Nc2cccc([N+](=O)[O-])c2)s1. The van der Waals surface area contributed by atoms with Crippen LogP contribution in [-0.2, 0) is 4.79 Å². The van der Waals surface area contributed by atoms with Crippen molar-refractivity contribution in [2.45, 2.75) is 28.4 Å². The van der Waals surface area contributed by atoms with Crippen molar-refractivity contribution in [3.8, 4) is 0 Å². The highest BCUT2D eigenvalue weighted by molar-refractivity contribution is 8.77. The molecule has 1 aromatic heterocycles. The third-order valence-corrected chi connectivity index (χ3v) is 7.56. The molecule has 0 saturated heterocycles. The highest BCUT2D eigenvalue weighted by Crippen LogP contribution is 2.36. The van der Waals surface area contributed by atoms with Crippen LogP contribution in [0.4, 0.5) is 11.4 Å². The van der Waals surface area contributed by atoms with E-state index in [-0.39, 0.29) is 17.3 Å². The highest BCUT2D eigenvalue weighted by Gasteiger charge is 2.11. The molecule has 0 atom stereocenters. The Kier molecular flexibility index (Phi) is 8.52. The van der Waals surface area contributed by atoms with Crippen LogP contribution in [0.25, 0.3) is 0 Å². The van der Waals surface area contributed by atoms with Gasteiger partial charge in [0.15, 0.2) is 8.68 Å². The summed E-state index contributed by atoms with van der Waals surface area (Å²) in [5.74, 6) is 1.01. The predicted molar refractivity (Wildman–Crippen MR) is 106 cm³/mol. The van der Waals surface area contributed by atoms with Gasteiger partial charge in [0, 0.05) is 23.6 Å². The number of benzene rings is 1. The molecule has 0 bridgehead atoms. The average molecular weight is 417 g/mol. The van der Waals surface area contributed by atoms with Gasteiger partial charge < -0.3 is 5.32 Å². The molecule has 11 heteroatoms. The molecule has 25 heavy (non-hydrogen) atoms. The molecular formula is C14H16N4O3S4. The summed E-state index contributed by atoms with van der Waals surface area (Å²) < 4.78 is 1.61. The van der Waals surface area contributed by atoms with Crippen molar-refractivity contribution in [1.82, 2.24) is 10.2 Å². The fraction of sp³-hybridized carbons (Fsp3) is 0.357. The van der Waals surface area contributed by atoms with E-state index in [0.29, 0.717) is 5.69 Å². The van der Waals surface area contributed by atoms with Crippen molar-refractivity contribution in [3.63, 3.8) is 0 Å². The first-order valence-electron chi connectivity index (χ1n) is 7.38. The lowest BCUT2D eigenvalue weighted by molar-refractivity contribution is -0.384. The summed E-state index contributed by atoms with van der Waals surface area (Å²) in [6.45, 7) is 2.16. The molecule has 0 aliphatic heterocycles. The number of nitrogens with zero attached hydrogens (tertiary/aromatic N) is 3. The molecule has 1 heterocycles. The van der Waals surface area contributed by atoms with Gasteiger partial charge in [-0.2, -0.15) is 0 Å². The summed E-state index contributed by atoms with van der Waals surface area (Å²) >= 11 is 2.76. The number of thioether (sulfide) groups is 1. The number of nitro benzene ring substituents is 1. The molecule has 0 fully saturated rings. The topological polar surface area (TPSA) is 98.0 Å². The van der Waals surface area contributed by atoms with Crippen LogP contribution in [0.2, 0.25) is 0 Å². The molecule has 0 aliphatic carbocycles. The van der Waals surface area contributed by atoms with Gasteiger partial charge in [-0.25, -0.2) is 0 Å². The molecule has 0 unspecified atom stereocenters. The molecule has 0 spiro atoms. The van der Waals surface area contributed by atoms with Gasteiger partial charge in [0.05, 0.1) is 10.7 Å². The Morgan fingerprint density at radius 1 is 1.36 bits per heavy atom. The maximum Gasteiger partial charge on any atom is 0.271 e. The van der Waals surface area contributed by atoms with E-state index in [4.69, 9.17) is 0 Å². The zero-order valence-corrected chi connectivity index (χ0v) is 16.6. The average Bonchev–Trinajstić information content (AvgIpc) is 3.05. The maximum atomic E-state index is 12.0. The van der Waals surface area contributed by atoms with Crippen LogP contribution in [0.3, 0.4) is 0 Å². The van der Waals surface area contributed by atoms with E-state index in [1.807, 2.05) is 0 Å². The second-order valence-corrected chi connectivity index (χ2v) is 9.60. The van der Waals surface area contributed by atoms with E-state index < -0.39 is 4.92 Å². The van der Waals surface area contributed by atoms with Crippen molar-refractivity contribution in [2.75, 3.05) is 16.8 Å². The van der Waals surface area contributed by atoms with Crippen LogP contribution in [0.5, 0.6) is 0 Å². The predicted octanol–water partition coefficient (Wildman–Crippen LogP) is 4.72. The summed E-state index contributed by atoms with van der Waals surface area (Å²) in [7, 11) is 3.36. The summed E-state index contributed by atoms with van der Waals surface area (Å²) in [5.41, 5.74) is 0.345. The third-order valence-electron chi connectivity index (χ3n) is 2.77. The fourth-order valence-electron chi connectivity index (χ4n) is 1.61. The zero-order chi connectivity index (χ0) is 18.1. The quantitative estimate of drug-likeness (QED) is 0.195. The number of carbonyl (C=O) groups excluding carboxylic acids is 1. The number of anilines is 1. The van der Waals surface area contributed by atoms with Crippen LogP contribution in [0.15, 0.2) is 32.9 Å². The van der Waals surface area contributed by atoms with Gasteiger partial charge in [-0.1, -0.05) is 53.3 Å². The Morgan fingerprint density at radius 3 is 2.92 bits per heavy atom. The Bertz CT molecular complexity index is 726. The lowest BCUT2D eigenvalue weighted by atomic mass is 10.3. The fourth-order valence-corrected chi connectivity index (χ4v) is 5.93. The molecular weight excluding hydrogens is 400 g/mol. The Labute approximate surface area is 161 Å². The first-order chi connectivity index (χ1) is 12.1. The Morgan fingerprint density at radius 2 is 2.16 bits per heavy atom. The number of unbranched alkanes of at least 4 members (excludes halogenated alkanes) is 1. The molecule has 1 N–H and O–H groups in total. The van der Waals surface area contributed by atoms with Crippen LogP contribution >= 0.6 is 44.7 Å². The van der Waals surface area contributed by atoms with Crippen molar-refractivity contribution in [1.29, 1.82) is 0 Å². The van der Waals surface area contributed by atoms with E-state index >= 15 is 0 Å². The van der Waals surface area contributed by atoms with E-state index in [9.17, 15) is 14.9 Å². The standard InChI is InChI=1S/C14H16N4O3S4/c1-2-3-7-23-25-14-17-16-13(24-14)22-9-12(19)15-10-5-4-6-11(8-10)18(20)21/h4-6,8H,2-3,7,9H2,1H3,(H,15,19). The maximum absolute atomic E-state index is 12.0. The molecule has 0 radical (unpaired) electrons. The first-order valence-corrected chi connectivity index (χ1v) is 11.5. The summed E-state index contributed by atoms with van der Waals surface area (Å²) in [4.78, 5) is 22.2. The van der Waals surface area contributed by atoms with Crippen LogP contribution in [0.1, 0.15) is 19.8 Å². The van der Waals surface area contributed by atoms with Gasteiger partial charge in [0.25, 0.3) is 5.69 Å². The number of amides is 1. The number of aromatic nitrogens is 2. The molecule has 134 valence electrons. The molecule has 0 saturated carbocycles. The number of nitro groups is 1. The molecule has 7 nitrogen and oxygen atoms in total. The number of hydrogen-bond donors (Lipinski definition) is 1. The molecule has 1 amide bonds. The third kappa shape index (κ3) is 7.22. The van der Waals surface area contributed by atoms with Crippen molar-refractivity contribution >= 4 is 62.0 Å². The minimum Gasteiger partial charge on any atom is -0.325 e. The summed E-state index contributed by atoms with van der Waals surface area (Å²) in [6.07, 6.45) is 2.35. The minimum atomic E-state index is -0.497. The van der Waals surface area contributed by atoms with E-state index in [1.54, 1.807) is 27.7 Å². The van der Waals surface area contributed by atoms with Crippen LogP contribution < -0.4 is 5.32 Å². The summed E-state index contributed by atoms with van der Waals surface area (Å²) in [6, 6.07) is 5.85. The molecule has 0 aliphatic rings. The normalized spacial score (nSPS) is 10.6. The number of non-ortho nitro benzene ring substituents is 1. The number of hydrogen-bond acceptors (Lipinski definition) is 9. The monoisotopic (exact) mass is 416 g/mol. The Balaban J connectivity index is 1.77. The van der Waals surface area contributed by atoms with Gasteiger partial charge in [0.1, 0.15) is 0 Å². The molecule has 2 rings (SSSR count). The first kappa shape index (κ1) is 20.0. The van der Waals surface area contributed by atoms with E-state index in [1.165, 1.54) is 54.1 Å². The zero-order valence-electron chi connectivity index (χ0n) is 13.3. The van der Waals surface area contributed by atoms with E-state index in [0.717, 1.165) is 14.4 Å². The largest absolute Gasteiger partial charge is 0.325 e. The van der Waals surface area contributed by atoms with Crippen molar-refractivity contribution in [3.05, 3.63) is 34.4 Å². The van der Waals surface area contributed by atoms with Gasteiger partial charge in [-0.15, -0.1) is 10.2 Å².